The predicted molar refractivity (Wildman–Crippen MR) is 46.4 cm³/mol. The molecule has 0 saturated heterocycles. The summed E-state index contributed by atoms with van der Waals surface area (Å²) in [5, 5.41) is 26.3. The van der Waals surface area contributed by atoms with Gasteiger partial charge < -0.3 is 15.3 Å². The molecule has 1 radical (unpaired) electrons. The van der Waals surface area contributed by atoms with Gasteiger partial charge in [0.15, 0.2) is 11.5 Å². The molecule has 3 N–H and O–H groups in total. The van der Waals surface area contributed by atoms with E-state index >= 15 is 0 Å². The number of carbonyl (C=O) groups is 1. The fourth-order valence-electron chi connectivity index (χ4n) is 0.812. The number of benzene rings is 1. The van der Waals surface area contributed by atoms with Gasteiger partial charge in [-0.25, -0.2) is 4.79 Å². The maximum Gasteiger partial charge on any atom is 0.328 e. The topological polar surface area (TPSA) is 77.8 Å². The number of carboxylic acids is 1. The van der Waals surface area contributed by atoms with Crippen molar-refractivity contribution >= 4 is 12.0 Å². The molecule has 0 aliphatic heterocycles. The summed E-state index contributed by atoms with van der Waals surface area (Å²) in [4.78, 5) is 10.1. The first-order valence-electron chi connectivity index (χ1n) is 3.52. The zero-order valence-electron chi connectivity index (χ0n) is 6.97. The minimum atomic E-state index is -1.06. The van der Waals surface area contributed by atoms with Gasteiger partial charge in [0.05, 0.1) is 0 Å². The first-order valence-corrected chi connectivity index (χ1v) is 3.52. The van der Waals surface area contributed by atoms with Crippen LogP contribution in [0.25, 0.3) is 6.08 Å². The van der Waals surface area contributed by atoms with Gasteiger partial charge in [-0.15, -0.1) is 0 Å². The number of phenols is 2. The third-order valence-electron chi connectivity index (χ3n) is 1.42. The average Bonchev–Trinajstić information content (AvgIpc) is 2.07. The van der Waals surface area contributed by atoms with Gasteiger partial charge in [-0.3, -0.25) is 0 Å². The number of rotatable bonds is 2. The van der Waals surface area contributed by atoms with Crippen LogP contribution in [0, 0.1) is 0 Å². The van der Waals surface area contributed by atoms with Crippen molar-refractivity contribution in [3.63, 3.8) is 0 Å². The summed E-state index contributed by atoms with van der Waals surface area (Å²) in [5.41, 5.74) is 0.512. The molecule has 0 atom stereocenters. The van der Waals surface area contributed by atoms with E-state index in [9.17, 15) is 4.79 Å². The number of carboxylic acid groups (broad SMARTS) is 1. The van der Waals surface area contributed by atoms with Crippen LogP contribution in [-0.2, 0) is 21.6 Å². The Morgan fingerprint density at radius 1 is 1.21 bits per heavy atom. The van der Waals surface area contributed by atoms with Crippen LogP contribution in [0.5, 0.6) is 11.5 Å². The van der Waals surface area contributed by atoms with Gasteiger partial charge in [0.25, 0.3) is 0 Å². The van der Waals surface area contributed by atoms with E-state index in [4.69, 9.17) is 15.3 Å². The van der Waals surface area contributed by atoms with E-state index < -0.39 is 5.97 Å². The van der Waals surface area contributed by atoms with Crippen molar-refractivity contribution in [1.82, 2.24) is 0 Å². The van der Waals surface area contributed by atoms with Crippen LogP contribution in [0.15, 0.2) is 24.3 Å². The van der Waals surface area contributed by atoms with E-state index in [1.807, 2.05) is 0 Å². The summed E-state index contributed by atoms with van der Waals surface area (Å²) < 4.78 is 0. The van der Waals surface area contributed by atoms with Crippen molar-refractivity contribution in [3.05, 3.63) is 29.8 Å². The zero-order chi connectivity index (χ0) is 9.84. The first-order chi connectivity index (χ1) is 6.09. The minimum absolute atomic E-state index is 0. The van der Waals surface area contributed by atoms with Crippen molar-refractivity contribution in [1.29, 1.82) is 0 Å². The summed E-state index contributed by atoms with van der Waals surface area (Å²) in [6, 6.07) is 4.06. The van der Waals surface area contributed by atoms with Gasteiger partial charge in [0, 0.05) is 22.9 Å². The zero-order valence-corrected chi connectivity index (χ0v) is 8.01. The molecule has 0 heterocycles. The molecule has 0 fully saturated rings. The Hall–Kier alpha value is -1.46. The summed E-state index contributed by atoms with van der Waals surface area (Å²) >= 11 is 0. The van der Waals surface area contributed by atoms with E-state index in [2.05, 4.69) is 0 Å². The Bertz CT molecular complexity index is 360. The molecule has 5 heteroatoms. The van der Waals surface area contributed by atoms with Gasteiger partial charge in [0.1, 0.15) is 0 Å². The number of aliphatic carboxylic acids is 1. The molecule has 0 aliphatic carbocycles. The van der Waals surface area contributed by atoms with Gasteiger partial charge in [-0.1, -0.05) is 6.07 Å². The first kappa shape index (κ1) is 12.5. The quantitative estimate of drug-likeness (QED) is 0.535. The second-order valence-electron chi connectivity index (χ2n) is 2.42. The van der Waals surface area contributed by atoms with E-state index in [1.165, 1.54) is 24.3 Å². The standard InChI is InChI=1S/C9H8O4.Co/c10-7-3-1-6(5-8(7)11)2-4-9(12)13;/h1-5,10-11H,(H,12,13);/b4-2+;. The molecular weight excluding hydrogens is 231 g/mol. The van der Waals surface area contributed by atoms with Gasteiger partial charge in [-0.2, -0.15) is 0 Å². The Labute approximate surface area is 90.7 Å². The van der Waals surface area contributed by atoms with Crippen molar-refractivity contribution in [3.8, 4) is 11.5 Å². The maximum atomic E-state index is 10.1. The largest absolute Gasteiger partial charge is 0.504 e. The molecule has 4 nitrogen and oxygen atoms in total. The number of hydrogen-bond acceptors (Lipinski definition) is 3. The average molecular weight is 239 g/mol. The maximum absolute atomic E-state index is 10.1. The molecule has 0 amide bonds. The van der Waals surface area contributed by atoms with E-state index in [0.717, 1.165) is 6.08 Å². The Balaban J connectivity index is 0.00000169. The smallest absolute Gasteiger partial charge is 0.328 e. The second-order valence-corrected chi connectivity index (χ2v) is 2.42. The molecule has 77 valence electrons. The van der Waals surface area contributed by atoms with Gasteiger partial charge >= 0.3 is 5.97 Å². The number of hydrogen-bond donors (Lipinski definition) is 3. The van der Waals surface area contributed by atoms with E-state index in [0.29, 0.717) is 5.56 Å². The minimum Gasteiger partial charge on any atom is -0.504 e. The second kappa shape index (κ2) is 5.31. The van der Waals surface area contributed by atoms with Crippen LogP contribution in [0.2, 0.25) is 0 Å². The third kappa shape index (κ3) is 3.50. The van der Waals surface area contributed by atoms with Crippen molar-refractivity contribution < 1.29 is 36.9 Å². The fourth-order valence-corrected chi connectivity index (χ4v) is 0.812. The SMILES string of the molecule is O=C(O)/C=C/c1ccc(O)c(O)c1.[Co]. The Morgan fingerprint density at radius 2 is 1.86 bits per heavy atom. The van der Waals surface area contributed by atoms with Crippen molar-refractivity contribution in [2.75, 3.05) is 0 Å². The van der Waals surface area contributed by atoms with E-state index in [1.54, 1.807) is 0 Å². The van der Waals surface area contributed by atoms with Crippen LogP contribution < -0.4 is 0 Å². The summed E-state index contributed by atoms with van der Waals surface area (Å²) in [6.07, 6.45) is 2.27. The number of aromatic hydroxyl groups is 2. The molecule has 0 unspecified atom stereocenters. The van der Waals surface area contributed by atoms with Crippen LogP contribution in [0.4, 0.5) is 0 Å². The summed E-state index contributed by atoms with van der Waals surface area (Å²) in [5.74, 6) is -1.56. The molecule has 0 saturated carbocycles. The molecule has 0 aromatic heterocycles. The third-order valence-corrected chi connectivity index (χ3v) is 1.42. The molecule has 1 rings (SSSR count). The van der Waals surface area contributed by atoms with Crippen LogP contribution in [0.3, 0.4) is 0 Å². The molecule has 14 heavy (non-hydrogen) atoms. The summed E-state index contributed by atoms with van der Waals surface area (Å²) in [7, 11) is 0. The summed E-state index contributed by atoms with van der Waals surface area (Å²) in [6.45, 7) is 0. The Morgan fingerprint density at radius 3 is 2.36 bits per heavy atom. The fraction of sp³-hybridized carbons (Fsp3) is 0. The molecule has 1 aromatic rings. The normalized spacial score (nSPS) is 9.71. The van der Waals surface area contributed by atoms with E-state index in [-0.39, 0.29) is 28.3 Å². The molecule has 0 spiro atoms. The monoisotopic (exact) mass is 239 g/mol. The number of phenolic OH excluding ortho intramolecular Hbond substituents is 2. The molecular formula is C9H8CoO4. The van der Waals surface area contributed by atoms with Crippen LogP contribution in [0.1, 0.15) is 5.56 Å². The van der Waals surface area contributed by atoms with Crippen LogP contribution in [-0.4, -0.2) is 21.3 Å². The van der Waals surface area contributed by atoms with Crippen molar-refractivity contribution in [2.24, 2.45) is 0 Å². The van der Waals surface area contributed by atoms with Crippen molar-refractivity contribution in [2.45, 2.75) is 0 Å². The van der Waals surface area contributed by atoms with Gasteiger partial charge in [0.2, 0.25) is 0 Å². The van der Waals surface area contributed by atoms with Crippen LogP contribution >= 0.6 is 0 Å². The molecule has 0 bridgehead atoms. The molecule has 0 aliphatic rings. The Kier molecular flexibility index (Phi) is 4.75. The predicted octanol–water partition coefficient (Wildman–Crippen LogP) is 1.19. The molecule has 1 aromatic carbocycles. The van der Waals surface area contributed by atoms with Gasteiger partial charge in [-0.05, 0) is 23.8 Å².